The highest BCUT2D eigenvalue weighted by Gasteiger charge is 2.12. The fourth-order valence-corrected chi connectivity index (χ4v) is 3.49. The van der Waals surface area contributed by atoms with Crippen molar-refractivity contribution in [1.29, 1.82) is 0 Å². The number of fused-ring (bicyclic) bond motifs is 1. The van der Waals surface area contributed by atoms with Gasteiger partial charge in [0, 0.05) is 23.1 Å². The highest BCUT2D eigenvalue weighted by Crippen LogP contribution is 2.27. The van der Waals surface area contributed by atoms with Crippen LogP contribution in [0.15, 0.2) is 50.3 Å². The number of ether oxygens (including phenoxy) is 1. The van der Waals surface area contributed by atoms with E-state index < -0.39 is 11.6 Å². The molecule has 5 heteroatoms. The van der Waals surface area contributed by atoms with Crippen LogP contribution < -0.4 is 5.63 Å². The molecule has 0 unspecified atom stereocenters. The molecule has 3 aromatic rings. The summed E-state index contributed by atoms with van der Waals surface area (Å²) < 4.78 is 10.6. The van der Waals surface area contributed by atoms with Crippen LogP contribution in [0.4, 0.5) is 0 Å². The quantitative estimate of drug-likeness (QED) is 0.359. The van der Waals surface area contributed by atoms with E-state index in [4.69, 9.17) is 9.15 Å². The van der Waals surface area contributed by atoms with Crippen molar-refractivity contribution in [2.24, 2.45) is 0 Å². The highest BCUT2D eigenvalue weighted by atomic mass is 32.1. The first-order valence-corrected chi connectivity index (χ1v) is 9.32. The van der Waals surface area contributed by atoms with Gasteiger partial charge in [-0.3, -0.25) is 0 Å². The average Bonchev–Trinajstić information content (AvgIpc) is 3.10. The SMILES string of the molecule is Cc1cc2oc(=O)cc(COC(=O)/C=C/c3ccsc3)c2cc1C(C)C. The van der Waals surface area contributed by atoms with Crippen molar-refractivity contribution in [2.45, 2.75) is 33.3 Å². The molecule has 0 aliphatic carbocycles. The van der Waals surface area contributed by atoms with E-state index in [1.807, 2.05) is 35.9 Å². The first-order chi connectivity index (χ1) is 12.4. The monoisotopic (exact) mass is 368 g/mol. The molecule has 0 bridgehead atoms. The lowest BCUT2D eigenvalue weighted by Gasteiger charge is -2.13. The Morgan fingerprint density at radius 3 is 2.81 bits per heavy atom. The molecule has 0 spiro atoms. The number of thiophene rings is 1. The maximum Gasteiger partial charge on any atom is 0.336 e. The topological polar surface area (TPSA) is 56.5 Å². The van der Waals surface area contributed by atoms with E-state index >= 15 is 0 Å². The largest absolute Gasteiger partial charge is 0.458 e. The Morgan fingerprint density at radius 1 is 1.31 bits per heavy atom. The minimum Gasteiger partial charge on any atom is -0.458 e. The van der Waals surface area contributed by atoms with Gasteiger partial charge in [-0.2, -0.15) is 11.3 Å². The van der Waals surface area contributed by atoms with Crippen LogP contribution in [0.25, 0.3) is 17.0 Å². The summed E-state index contributed by atoms with van der Waals surface area (Å²) in [6, 6.07) is 7.19. The van der Waals surface area contributed by atoms with Crippen LogP contribution in [0.2, 0.25) is 0 Å². The standard InChI is InChI=1S/C21H20O4S/c1-13(2)17-10-18-16(9-21(23)25-19(18)8-14(17)3)11-24-20(22)5-4-15-6-7-26-12-15/h4-10,12-13H,11H2,1-3H3/b5-4+. The number of aryl methyl sites for hydroxylation is 1. The van der Waals surface area contributed by atoms with Crippen molar-refractivity contribution < 1.29 is 13.9 Å². The van der Waals surface area contributed by atoms with Gasteiger partial charge in [-0.05, 0) is 64.6 Å². The number of carbonyl (C=O) groups excluding carboxylic acids is 1. The molecule has 0 aliphatic rings. The van der Waals surface area contributed by atoms with E-state index in [9.17, 15) is 9.59 Å². The van der Waals surface area contributed by atoms with E-state index in [1.165, 1.54) is 17.7 Å². The van der Waals surface area contributed by atoms with Gasteiger partial charge in [0.1, 0.15) is 12.2 Å². The van der Waals surface area contributed by atoms with Crippen LogP contribution in [-0.2, 0) is 16.1 Å². The Balaban J connectivity index is 1.85. The molecular formula is C21H20O4S. The van der Waals surface area contributed by atoms with E-state index in [-0.39, 0.29) is 6.61 Å². The maximum atomic E-state index is 12.0. The van der Waals surface area contributed by atoms with Gasteiger partial charge in [-0.1, -0.05) is 13.8 Å². The zero-order valence-corrected chi connectivity index (χ0v) is 15.8. The molecular weight excluding hydrogens is 348 g/mol. The van der Waals surface area contributed by atoms with Crippen LogP contribution >= 0.6 is 11.3 Å². The Kier molecular flexibility index (Phi) is 5.38. The molecule has 0 N–H and O–H groups in total. The first kappa shape index (κ1) is 18.1. The Hall–Kier alpha value is -2.66. The fourth-order valence-electron chi connectivity index (χ4n) is 2.86. The van der Waals surface area contributed by atoms with Gasteiger partial charge in [0.05, 0.1) is 0 Å². The van der Waals surface area contributed by atoms with Gasteiger partial charge in [0.25, 0.3) is 0 Å². The van der Waals surface area contributed by atoms with Crippen LogP contribution in [0.5, 0.6) is 0 Å². The summed E-state index contributed by atoms with van der Waals surface area (Å²) in [6.45, 7) is 6.25. The first-order valence-electron chi connectivity index (χ1n) is 8.38. The second-order valence-corrected chi connectivity index (χ2v) is 7.23. The molecule has 4 nitrogen and oxygen atoms in total. The zero-order valence-electron chi connectivity index (χ0n) is 14.9. The average molecular weight is 368 g/mol. The van der Waals surface area contributed by atoms with Crippen LogP contribution in [0, 0.1) is 6.92 Å². The number of carbonyl (C=O) groups is 1. The summed E-state index contributed by atoms with van der Waals surface area (Å²) in [5.74, 6) is -0.107. The third-order valence-corrected chi connectivity index (χ3v) is 4.87. The van der Waals surface area contributed by atoms with Crippen molar-refractivity contribution in [3.63, 3.8) is 0 Å². The molecule has 1 aromatic carbocycles. The summed E-state index contributed by atoms with van der Waals surface area (Å²) in [5, 5.41) is 4.68. The summed E-state index contributed by atoms with van der Waals surface area (Å²) >= 11 is 1.56. The van der Waals surface area contributed by atoms with Crippen molar-refractivity contribution in [1.82, 2.24) is 0 Å². The van der Waals surface area contributed by atoms with Crippen LogP contribution in [0.3, 0.4) is 0 Å². The lowest BCUT2D eigenvalue weighted by atomic mass is 9.95. The number of hydrogen-bond donors (Lipinski definition) is 0. The fraction of sp³-hybridized carbons (Fsp3) is 0.238. The molecule has 0 radical (unpaired) electrons. The Bertz CT molecular complexity index is 1010. The van der Waals surface area contributed by atoms with Gasteiger partial charge >= 0.3 is 11.6 Å². The maximum absolute atomic E-state index is 12.0. The van der Waals surface area contributed by atoms with Gasteiger partial charge in [0.15, 0.2) is 0 Å². The molecule has 134 valence electrons. The lowest BCUT2D eigenvalue weighted by Crippen LogP contribution is -2.06. The molecule has 26 heavy (non-hydrogen) atoms. The molecule has 0 saturated carbocycles. The lowest BCUT2D eigenvalue weighted by molar-refractivity contribution is -0.138. The minimum absolute atomic E-state index is 0.0233. The van der Waals surface area contributed by atoms with Crippen molar-refractivity contribution in [3.05, 3.63) is 73.8 Å². The van der Waals surface area contributed by atoms with Crippen molar-refractivity contribution >= 4 is 34.4 Å². The predicted octanol–water partition coefficient (Wildman–Crippen LogP) is 5.04. The summed E-state index contributed by atoms with van der Waals surface area (Å²) in [4.78, 5) is 23.8. The van der Waals surface area contributed by atoms with Crippen LogP contribution in [-0.4, -0.2) is 5.97 Å². The summed E-state index contributed by atoms with van der Waals surface area (Å²) in [5.41, 5.74) is 3.92. The molecule has 2 heterocycles. The smallest absolute Gasteiger partial charge is 0.336 e. The van der Waals surface area contributed by atoms with E-state index in [1.54, 1.807) is 17.4 Å². The van der Waals surface area contributed by atoms with Gasteiger partial charge in [0.2, 0.25) is 0 Å². The Morgan fingerprint density at radius 2 is 2.12 bits per heavy atom. The van der Waals surface area contributed by atoms with Crippen molar-refractivity contribution in [2.75, 3.05) is 0 Å². The van der Waals surface area contributed by atoms with Gasteiger partial charge < -0.3 is 9.15 Å². The molecule has 0 amide bonds. The summed E-state index contributed by atoms with van der Waals surface area (Å²) in [6.07, 6.45) is 3.09. The molecule has 0 fully saturated rings. The van der Waals surface area contributed by atoms with E-state index in [2.05, 4.69) is 13.8 Å². The summed E-state index contributed by atoms with van der Waals surface area (Å²) in [7, 11) is 0. The predicted molar refractivity (Wildman–Crippen MR) is 104 cm³/mol. The third-order valence-electron chi connectivity index (χ3n) is 4.16. The molecule has 0 atom stereocenters. The van der Waals surface area contributed by atoms with Gasteiger partial charge in [-0.15, -0.1) is 0 Å². The zero-order chi connectivity index (χ0) is 18.7. The number of rotatable bonds is 5. The minimum atomic E-state index is -0.450. The Labute approximate surface area is 155 Å². The number of benzene rings is 1. The second-order valence-electron chi connectivity index (χ2n) is 6.45. The van der Waals surface area contributed by atoms with Crippen LogP contribution in [0.1, 0.15) is 42.0 Å². The normalized spacial score (nSPS) is 11.5. The third kappa shape index (κ3) is 4.11. The van der Waals surface area contributed by atoms with Gasteiger partial charge in [-0.25, -0.2) is 9.59 Å². The second kappa shape index (κ2) is 7.70. The molecule has 2 aromatic heterocycles. The van der Waals surface area contributed by atoms with E-state index in [0.29, 0.717) is 17.1 Å². The molecule has 0 aliphatic heterocycles. The molecule has 3 rings (SSSR count). The number of hydrogen-bond acceptors (Lipinski definition) is 5. The molecule has 0 saturated heterocycles. The highest BCUT2D eigenvalue weighted by molar-refractivity contribution is 7.08. The van der Waals surface area contributed by atoms with Crippen molar-refractivity contribution in [3.8, 4) is 0 Å². The van der Waals surface area contributed by atoms with E-state index in [0.717, 1.165) is 16.5 Å². The number of esters is 1.